The smallest absolute Gasteiger partial charge is 0.411 e. The topological polar surface area (TPSA) is 73.9 Å². The summed E-state index contributed by atoms with van der Waals surface area (Å²) >= 11 is 0. The molecule has 0 saturated heterocycles. The molecular weight excluding hydrogens is 562 g/mol. The summed E-state index contributed by atoms with van der Waals surface area (Å²) in [6.45, 7) is 6.61. The first-order chi connectivity index (χ1) is 21.7. The molecule has 2 saturated carbocycles. The predicted molar refractivity (Wildman–Crippen MR) is 179 cm³/mol. The van der Waals surface area contributed by atoms with Crippen LogP contribution >= 0.6 is 0 Å². The molecule has 0 spiro atoms. The maximum absolute atomic E-state index is 12.8. The molecule has 0 bridgehead atoms. The standard InChI is InChI=1S/C39H49NO5/c1-39(2,3)45-37(41)21-23-43-22-20-29-18-16-28(17-19-29)10-9-11-30-24-32-26-34(27-33(32)25-30)44-38(42)40-36-15-8-7-14-35(36)31-12-5-4-6-13-31/h4-8,12-19,30,32-34H,9-11,20-27H2,1-3H3,(H,40,42). The minimum Gasteiger partial charge on any atom is -0.460 e. The van der Waals surface area contributed by atoms with Crippen molar-refractivity contribution in [2.45, 2.75) is 90.3 Å². The second kappa shape index (κ2) is 15.6. The van der Waals surface area contributed by atoms with Crippen LogP contribution in [-0.2, 0) is 31.8 Å². The Morgan fingerprint density at radius 2 is 1.42 bits per heavy atom. The summed E-state index contributed by atoms with van der Waals surface area (Å²) in [6, 6.07) is 26.9. The molecule has 2 atom stereocenters. The van der Waals surface area contributed by atoms with E-state index in [-0.39, 0.29) is 24.6 Å². The molecule has 0 aliphatic heterocycles. The Bertz CT molecular complexity index is 1370. The van der Waals surface area contributed by atoms with Crippen molar-refractivity contribution >= 4 is 17.7 Å². The fourth-order valence-corrected chi connectivity index (χ4v) is 7.08. The van der Waals surface area contributed by atoms with E-state index in [0.29, 0.717) is 25.0 Å². The average Bonchev–Trinajstić information content (AvgIpc) is 3.55. The zero-order valence-corrected chi connectivity index (χ0v) is 27.1. The third kappa shape index (κ3) is 10.2. The van der Waals surface area contributed by atoms with Gasteiger partial charge in [0.15, 0.2) is 0 Å². The fourth-order valence-electron chi connectivity index (χ4n) is 7.08. The molecule has 6 nitrogen and oxygen atoms in total. The molecule has 0 aromatic heterocycles. The minimum absolute atomic E-state index is 0.0127. The van der Waals surface area contributed by atoms with Crippen LogP contribution in [0.15, 0.2) is 78.9 Å². The van der Waals surface area contributed by atoms with Crippen molar-refractivity contribution in [3.05, 3.63) is 90.0 Å². The number of ether oxygens (including phenoxy) is 3. The molecule has 2 fully saturated rings. The van der Waals surface area contributed by atoms with Crippen LogP contribution in [0.25, 0.3) is 11.1 Å². The van der Waals surface area contributed by atoms with Crippen molar-refractivity contribution in [1.82, 2.24) is 0 Å². The van der Waals surface area contributed by atoms with E-state index >= 15 is 0 Å². The fraction of sp³-hybridized carbons (Fsp3) is 0.487. The average molecular weight is 612 g/mol. The molecule has 1 N–H and O–H groups in total. The van der Waals surface area contributed by atoms with E-state index in [1.165, 1.54) is 36.8 Å². The van der Waals surface area contributed by atoms with Crippen LogP contribution in [-0.4, -0.2) is 37.0 Å². The lowest BCUT2D eigenvalue weighted by atomic mass is 9.95. The van der Waals surface area contributed by atoms with Gasteiger partial charge < -0.3 is 14.2 Å². The summed E-state index contributed by atoms with van der Waals surface area (Å²) in [5.74, 6) is 1.92. The van der Waals surface area contributed by atoms with Crippen molar-refractivity contribution in [2.24, 2.45) is 17.8 Å². The highest BCUT2D eigenvalue weighted by Gasteiger charge is 2.42. The number of hydrogen-bond acceptors (Lipinski definition) is 5. The Kier molecular flexibility index (Phi) is 11.3. The molecule has 1 amide bonds. The first kappa shape index (κ1) is 32.7. The number of carbonyl (C=O) groups is 2. The molecule has 0 heterocycles. The molecule has 2 aliphatic rings. The summed E-state index contributed by atoms with van der Waals surface area (Å²) in [6.07, 6.45) is 8.86. The van der Waals surface area contributed by atoms with Crippen LogP contribution < -0.4 is 5.32 Å². The van der Waals surface area contributed by atoms with Crippen LogP contribution in [0.2, 0.25) is 0 Å². The number of esters is 1. The molecule has 2 aliphatic carbocycles. The van der Waals surface area contributed by atoms with Gasteiger partial charge in [0.1, 0.15) is 11.7 Å². The Balaban J connectivity index is 0.953. The van der Waals surface area contributed by atoms with Gasteiger partial charge in [0.25, 0.3) is 0 Å². The number of carbonyl (C=O) groups excluding carboxylic acids is 2. The van der Waals surface area contributed by atoms with Gasteiger partial charge in [0, 0.05) is 5.56 Å². The van der Waals surface area contributed by atoms with Gasteiger partial charge >= 0.3 is 12.1 Å². The lowest BCUT2D eigenvalue weighted by Gasteiger charge is -2.19. The van der Waals surface area contributed by atoms with E-state index in [0.717, 1.165) is 48.4 Å². The quantitative estimate of drug-likeness (QED) is 0.154. The lowest BCUT2D eigenvalue weighted by molar-refractivity contribution is -0.156. The summed E-state index contributed by atoms with van der Waals surface area (Å²) in [4.78, 5) is 24.6. The number of rotatable bonds is 13. The molecule has 5 rings (SSSR count). The minimum atomic E-state index is -0.452. The number of para-hydroxylation sites is 1. The number of fused-ring (bicyclic) bond motifs is 1. The van der Waals surface area contributed by atoms with E-state index in [9.17, 15) is 9.59 Å². The van der Waals surface area contributed by atoms with Crippen LogP contribution in [0, 0.1) is 17.8 Å². The van der Waals surface area contributed by atoms with Crippen LogP contribution in [0.5, 0.6) is 0 Å². The van der Waals surface area contributed by atoms with Crippen molar-refractivity contribution in [3.63, 3.8) is 0 Å². The summed E-state index contributed by atoms with van der Waals surface area (Å²) in [5.41, 5.74) is 5.04. The molecule has 0 radical (unpaired) electrons. The summed E-state index contributed by atoms with van der Waals surface area (Å²) < 4.78 is 16.9. The zero-order chi connectivity index (χ0) is 31.6. The molecular formula is C39H49NO5. The number of nitrogens with one attached hydrogen (secondary N) is 1. The van der Waals surface area contributed by atoms with E-state index in [4.69, 9.17) is 14.2 Å². The molecule has 3 aromatic carbocycles. The molecule has 6 heteroatoms. The highest BCUT2D eigenvalue weighted by atomic mass is 16.6. The van der Waals surface area contributed by atoms with E-state index < -0.39 is 5.60 Å². The number of aryl methyl sites for hydroxylation is 1. The highest BCUT2D eigenvalue weighted by Crippen LogP contribution is 2.49. The molecule has 240 valence electrons. The van der Waals surface area contributed by atoms with Gasteiger partial charge in [-0.05, 0) is 106 Å². The number of anilines is 1. The molecule has 45 heavy (non-hydrogen) atoms. The van der Waals surface area contributed by atoms with Crippen LogP contribution in [0.4, 0.5) is 10.5 Å². The van der Waals surface area contributed by atoms with Gasteiger partial charge in [-0.3, -0.25) is 10.1 Å². The van der Waals surface area contributed by atoms with Crippen molar-refractivity contribution in [2.75, 3.05) is 18.5 Å². The largest absolute Gasteiger partial charge is 0.460 e. The van der Waals surface area contributed by atoms with Gasteiger partial charge in [-0.25, -0.2) is 4.79 Å². The molecule has 3 aromatic rings. The van der Waals surface area contributed by atoms with E-state index in [1.807, 2.05) is 75.4 Å². The predicted octanol–water partition coefficient (Wildman–Crippen LogP) is 9.02. The van der Waals surface area contributed by atoms with Crippen molar-refractivity contribution in [1.29, 1.82) is 0 Å². The third-order valence-electron chi connectivity index (χ3n) is 9.10. The van der Waals surface area contributed by atoms with Crippen LogP contribution in [0.1, 0.15) is 76.8 Å². The lowest BCUT2D eigenvalue weighted by Crippen LogP contribution is -2.24. The second-order valence-electron chi connectivity index (χ2n) is 13.8. The normalized spacial score (nSPS) is 20.9. The van der Waals surface area contributed by atoms with E-state index in [2.05, 4.69) is 29.6 Å². The number of amides is 1. The summed E-state index contributed by atoms with van der Waals surface area (Å²) in [7, 11) is 0. The maximum atomic E-state index is 12.8. The number of hydrogen-bond donors (Lipinski definition) is 1. The zero-order valence-electron chi connectivity index (χ0n) is 27.1. The van der Waals surface area contributed by atoms with Gasteiger partial charge in [0.2, 0.25) is 0 Å². The number of benzene rings is 3. The maximum Gasteiger partial charge on any atom is 0.411 e. The van der Waals surface area contributed by atoms with Crippen LogP contribution in [0.3, 0.4) is 0 Å². The SMILES string of the molecule is CC(C)(C)OC(=O)CCOCCc1ccc(CCCC2CC3CC(OC(=O)Nc4ccccc4-c4ccccc4)CC3C2)cc1. The first-order valence-corrected chi connectivity index (χ1v) is 16.7. The van der Waals surface area contributed by atoms with Gasteiger partial charge in [-0.2, -0.15) is 0 Å². The Labute approximate surface area is 268 Å². The summed E-state index contributed by atoms with van der Waals surface area (Å²) in [5, 5.41) is 3.00. The second-order valence-corrected chi connectivity index (χ2v) is 13.8. The third-order valence-corrected chi connectivity index (χ3v) is 9.10. The van der Waals surface area contributed by atoms with Gasteiger partial charge in [-0.15, -0.1) is 0 Å². The first-order valence-electron chi connectivity index (χ1n) is 16.7. The Morgan fingerprint density at radius 1 is 0.778 bits per heavy atom. The van der Waals surface area contributed by atoms with Gasteiger partial charge in [0.05, 0.1) is 25.3 Å². The monoisotopic (exact) mass is 611 g/mol. The van der Waals surface area contributed by atoms with Crippen molar-refractivity contribution < 1.29 is 23.8 Å². The Hall–Kier alpha value is -3.64. The van der Waals surface area contributed by atoms with E-state index in [1.54, 1.807) is 0 Å². The van der Waals surface area contributed by atoms with Gasteiger partial charge in [-0.1, -0.05) is 79.2 Å². The van der Waals surface area contributed by atoms with Crippen molar-refractivity contribution in [3.8, 4) is 11.1 Å². The Morgan fingerprint density at radius 3 is 2.11 bits per heavy atom. The molecule has 2 unspecified atom stereocenters. The highest BCUT2D eigenvalue weighted by molar-refractivity contribution is 5.91.